The maximum Gasteiger partial charge on any atom is 0.280 e. The Hall–Kier alpha value is -6.43. The number of anilines is 4. The van der Waals surface area contributed by atoms with Gasteiger partial charge < -0.3 is 34.4 Å². The number of pyridine rings is 1. The molecule has 65 heavy (non-hydrogen) atoms. The van der Waals surface area contributed by atoms with Crippen LogP contribution in [0, 0.1) is 30.4 Å². The molecule has 9 rings (SSSR count). The van der Waals surface area contributed by atoms with Crippen LogP contribution in [0.4, 0.5) is 31.5 Å². The fourth-order valence-corrected chi connectivity index (χ4v) is 9.90. The third-order valence-electron chi connectivity index (χ3n) is 13.3. The molecule has 0 spiro atoms. The van der Waals surface area contributed by atoms with E-state index in [2.05, 4.69) is 49.6 Å². The van der Waals surface area contributed by atoms with E-state index in [1.165, 1.54) is 12.1 Å². The van der Waals surface area contributed by atoms with E-state index in [0.717, 1.165) is 35.5 Å². The normalized spacial score (nSPS) is 22.7. The smallest absolute Gasteiger partial charge is 0.280 e. The lowest BCUT2D eigenvalue weighted by atomic mass is 9.89. The summed E-state index contributed by atoms with van der Waals surface area (Å²) in [5.74, 6) is -3.18. The zero-order valence-corrected chi connectivity index (χ0v) is 37.1. The van der Waals surface area contributed by atoms with E-state index in [4.69, 9.17) is 14.5 Å². The molecular formula is C47H54F2N10O6. The van der Waals surface area contributed by atoms with E-state index >= 15 is 8.78 Å². The number of amides is 4. The van der Waals surface area contributed by atoms with Crippen molar-refractivity contribution >= 4 is 52.3 Å². The molecule has 3 atom stereocenters. The molecule has 5 aliphatic rings. The number of hydrogen-bond donors (Lipinski definition) is 2. The summed E-state index contributed by atoms with van der Waals surface area (Å²) in [5, 5.41) is 9.99. The molecule has 0 unspecified atom stereocenters. The average Bonchev–Trinajstić information content (AvgIpc) is 3.82. The van der Waals surface area contributed by atoms with Crippen LogP contribution in [0.15, 0.2) is 53.7 Å². The van der Waals surface area contributed by atoms with Gasteiger partial charge in [0, 0.05) is 94.0 Å². The summed E-state index contributed by atoms with van der Waals surface area (Å²) in [6.45, 7) is 7.76. The second kappa shape index (κ2) is 18.2. The first-order valence-electron chi connectivity index (χ1n) is 22.4. The molecule has 2 bridgehead atoms. The number of fused-ring (bicyclic) bond motifs is 7. The minimum Gasteiger partial charge on any atom is -0.477 e. The van der Waals surface area contributed by atoms with Crippen molar-refractivity contribution in [2.24, 2.45) is 23.9 Å². The summed E-state index contributed by atoms with van der Waals surface area (Å²) in [6.07, 6.45) is 4.75. The summed E-state index contributed by atoms with van der Waals surface area (Å²) < 4.78 is 44.5. The number of hydrogen-bond acceptors (Lipinski definition) is 12. The maximum absolute atomic E-state index is 15.5. The first kappa shape index (κ1) is 43.8. The zero-order chi connectivity index (χ0) is 45.5. The number of methoxy groups -OCH3 is 1. The molecule has 0 saturated carbocycles. The number of carbonyl (C=O) groups excluding carboxylic acids is 4. The van der Waals surface area contributed by atoms with E-state index in [9.17, 15) is 19.2 Å². The number of aliphatic imine (C=N–C) groups is 1. The molecule has 3 fully saturated rings. The summed E-state index contributed by atoms with van der Waals surface area (Å²) in [4.78, 5) is 69.5. The molecular weight excluding hydrogens is 839 g/mol. The Balaban J connectivity index is 0.870. The Bertz CT molecular complexity index is 2530. The molecule has 3 saturated heterocycles. The molecule has 4 amide bonds. The Morgan fingerprint density at radius 3 is 2.48 bits per heavy atom. The predicted octanol–water partition coefficient (Wildman–Crippen LogP) is 5.41. The molecule has 0 aliphatic carbocycles. The van der Waals surface area contributed by atoms with Crippen LogP contribution in [-0.2, 0) is 26.2 Å². The third-order valence-corrected chi connectivity index (χ3v) is 13.3. The molecule has 0 radical (unpaired) electrons. The first-order valence-corrected chi connectivity index (χ1v) is 22.4. The Morgan fingerprint density at radius 1 is 0.938 bits per heavy atom. The number of nitrogens with one attached hydrogen (secondary N) is 2. The number of piperazine rings is 1. The highest BCUT2D eigenvalue weighted by Gasteiger charge is 2.38. The van der Waals surface area contributed by atoms with Crippen molar-refractivity contribution in [1.29, 1.82) is 0 Å². The van der Waals surface area contributed by atoms with Crippen LogP contribution < -0.4 is 30.1 Å². The van der Waals surface area contributed by atoms with Gasteiger partial charge in [0.05, 0.1) is 54.0 Å². The van der Waals surface area contributed by atoms with Gasteiger partial charge in [0.25, 0.3) is 5.91 Å². The van der Waals surface area contributed by atoms with Crippen molar-refractivity contribution in [3.05, 3.63) is 77.1 Å². The van der Waals surface area contributed by atoms with Crippen LogP contribution in [-0.4, -0.2) is 115 Å². The molecule has 7 heterocycles. The van der Waals surface area contributed by atoms with Crippen LogP contribution in [0.1, 0.15) is 73.0 Å². The van der Waals surface area contributed by atoms with E-state index in [-0.39, 0.29) is 48.8 Å². The molecule has 2 aromatic heterocycles. The molecule has 342 valence electrons. The van der Waals surface area contributed by atoms with Gasteiger partial charge in [0.15, 0.2) is 0 Å². The highest BCUT2D eigenvalue weighted by Crippen LogP contribution is 2.39. The van der Waals surface area contributed by atoms with Gasteiger partial charge in [0.2, 0.25) is 29.6 Å². The third kappa shape index (κ3) is 8.87. The molecule has 2 N–H and O–H groups in total. The average molecular weight is 893 g/mol. The summed E-state index contributed by atoms with van der Waals surface area (Å²) >= 11 is 0. The van der Waals surface area contributed by atoms with Gasteiger partial charge in [-0.2, -0.15) is 10.1 Å². The lowest BCUT2D eigenvalue weighted by molar-refractivity contribution is -0.137. The van der Waals surface area contributed by atoms with Crippen LogP contribution in [0.3, 0.4) is 0 Å². The van der Waals surface area contributed by atoms with Gasteiger partial charge >= 0.3 is 0 Å². The standard InChI is InChI=1S/C47H54F2N10O6/c1-27-6-5-17-65-46-35(23-50-55(46)3)39-19-30(18-28(2)51-39)43(61)54-47-52-38-9-7-31(22-40(38)59(47)24-27)56-13-11-29(12-14-56)45(63)57-15-16-58(33(25-57)26-64-4)32-20-36(48)42(37(49)21-32)34-8-10-41(60)53-44(34)62/h7,9,18-23,27,29,33-34H,5-6,8,10-17,24-26H2,1-4H3,(H,52,54,61)(H,53,60,62)/t27-,33-,34-/m1/s1. The Kier molecular flexibility index (Phi) is 12.3. The largest absolute Gasteiger partial charge is 0.477 e. The van der Waals surface area contributed by atoms with Gasteiger partial charge in [-0.1, -0.05) is 6.92 Å². The van der Waals surface area contributed by atoms with Crippen LogP contribution in [0.25, 0.3) is 11.3 Å². The monoisotopic (exact) mass is 892 g/mol. The number of halogens is 2. The number of carbonyl (C=O) groups is 4. The SMILES string of the molecule is COC[C@H]1CN(C(=O)C2CCN(c3ccc4c(c3)N3C[C@H](C)CCCOc5c(cnn5C)-c5cc(cc(C)n5)C(=O)/N=C/3N4)CC2)CCN1c1cc(F)c([C@H]2CCC(=O)NC2=O)c(F)c1. The second-order valence-electron chi connectivity index (χ2n) is 17.8. The lowest BCUT2D eigenvalue weighted by Crippen LogP contribution is -2.58. The van der Waals surface area contributed by atoms with Crippen LogP contribution in [0.5, 0.6) is 5.88 Å². The number of aromatic nitrogens is 3. The van der Waals surface area contributed by atoms with Crippen molar-refractivity contribution < 1.29 is 37.4 Å². The number of rotatable bonds is 6. The zero-order valence-electron chi connectivity index (χ0n) is 37.1. The maximum atomic E-state index is 15.5. The number of aryl methyl sites for hydroxylation is 2. The van der Waals surface area contributed by atoms with Crippen molar-refractivity contribution in [3.63, 3.8) is 0 Å². The topological polar surface area (TPSA) is 167 Å². The number of piperidine rings is 2. The number of nitrogens with zero attached hydrogens (tertiary/aromatic N) is 8. The van der Waals surface area contributed by atoms with E-state index in [1.807, 2.05) is 29.8 Å². The molecule has 5 aliphatic heterocycles. The van der Waals surface area contributed by atoms with Gasteiger partial charge in [-0.3, -0.25) is 29.5 Å². The Morgan fingerprint density at radius 2 is 1.72 bits per heavy atom. The van der Waals surface area contributed by atoms with E-state index in [0.29, 0.717) is 93.2 Å². The van der Waals surface area contributed by atoms with Crippen LogP contribution >= 0.6 is 0 Å². The second-order valence-corrected chi connectivity index (χ2v) is 17.8. The summed E-state index contributed by atoms with van der Waals surface area (Å²) in [7, 11) is 3.38. The fraction of sp³-hybridized carbons (Fsp3) is 0.468. The van der Waals surface area contributed by atoms with Crippen molar-refractivity contribution in [2.75, 3.05) is 79.6 Å². The van der Waals surface area contributed by atoms with Gasteiger partial charge in [0.1, 0.15) is 11.6 Å². The first-order chi connectivity index (χ1) is 31.3. The number of imide groups is 1. The number of benzene rings is 2. The van der Waals surface area contributed by atoms with Crippen molar-refractivity contribution in [2.45, 2.75) is 64.3 Å². The van der Waals surface area contributed by atoms with Gasteiger partial charge in [-0.15, -0.1) is 0 Å². The quantitative estimate of drug-likeness (QED) is 0.237. The molecule has 16 nitrogen and oxygen atoms in total. The minimum absolute atomic E-state index is 0.00803. The van der Waals surface area contributed by atoms with Gasteiger partial charge in [-0.05, 0) is 87.4 Å². The van der Waals surface area contributed by atoms with E-state index < -0.39 is 35.3 Å². The molecule has 4 aromatic rings. The lowest BCUT2D eigenvalue weighted by Gasteiger charge is -2.44. The fourth-order valence-electron chi connectivity index (χ4n) is 9.90. The summed E-state index contributed by atoms with van der Waals surface area (Å²) in [6, 6.07) is 11.8. The highest BCUT2D eigenvalue weighted by atomic mass is 19.1. The highest BCUT2D eigenvalue weighted by molar-refractivity contribution is 6.19. The molecule has 18 heteroatoms. The number of guanidine groups is 1. The van der Waals surface area contributed by atoms with Crippen LogP contribution in [0.2, 0.25) is 0 Å². The predicted molar refractivity (Wildman–Crippen MR) is 240 cm³/mol. The Labute approximate surface area is 375 Å². The van der Waals surface area contributed by atoms with Crippen molar-refractivity contribution in [1.82, 2.24) is 25.0 Å². The number of ether oxygens (including phenoxy) is 2. The summed E-state index contributed by atoms with van der Waals surface area (Å²) in [5.41, 5.74) is 5.15. The molecule has 2 aromatic carbocycles. The van der Waals surface area contributed by atoms with Crippen molar-refractivity contribution in [3.8, 4) is 17.1 Å². The van der Waals surface area contributed by atoms with Gasteiger partial charge in [-0.25, -0.2) is 13.5 Å². The minimum atomic E-state index is -1.09. The van der Waals surface area contributed by atoms with E-state index in [1.54, 1.807) is 30.1 Å².